The number of anilines is 2. The minimum atomic E-state index is -0.292. The summed E-state index contributed by atoms with van der Waals surface area (Å²) in [5.41, 5.74) is 0.391. The molecule has 0 saturated heterocycles. The molecule has 6 heteroatoms. The molecule has 0 unspecified atom stereocenters. The summed E-state index contributed by atoms with van der Waals surface area (Å²) in [7, 11) is 0. The number of hydrogen-bond acceptors (Lipinski definition) is 4. The first-order valence-electron chi connectivity index (χ1n) is 6.32. The predicted octanol–water partition coefficient (Wildman–Crippen LogP) is 3.20. The van der Waals surface area contributed by atoms with Crippen molar-refractivity contribution in [1.29, 1.82) is 0 Å². The number of pyridine rings is 2. The second-order valence-electron chi connectivity index (χ2n) is 4.15. The zero-order valence-corrected chi connectivity index (χ0v) is 11.8. The van der Waals surface area contributed by atoms with Gasteiger partial charge in [-0.05, 0) is 24.6 Å². The number of carbonyl (C=O) groups is 1. The van der Waals surface area contributed by atoms with E-state index in [0.29, 0.717) is 22.2 Å². The molecule has 2 aromatic heterocycles. The van der Waals surface area contributed by atoms with Crippen LogP contribution in [0.15, 0.2) is 36.7 Å². The quantitative estimate of drug-likeness (QED) is 0.887. The van der Waals surface area contributed by atoms with E-state index in [1.807, 2.05) is 0 Å². The summed E-state index contributed by atoms with van der Waals surface area (Å²) in [6.45, 7) is 2.84. The van der Waals surface area contributed by atoms with Crippen molar-refractivity contribution in [3.63, 3.8) is 0 Å². The molecule has 0 atom stereocenters. The van der Waals surface area contributed by atoms with Crippen molar-refractivity contribution in [3.8, 4) is 0 Å². The van der Waals surface area contributed by atoms with E-state index in [4.69, 9.17) is 11.6 Å². The average Bonchev–Trinajstić information content (AvgIpc) is 2.47. The molecule has 0 aliphatic carbocycles. The lowest BCUT2D eigenvalue weighted by Crippen LogP contribution is -2.13. The summed E-state index contributed by atoms with van der Waals surface area (Å²) < 4.78 is 0. The van der Waals surface area contributed by atoms with E-state index in [2.05, 4.69) is 27.5 Å². The summed E-state index contributed by atoms with van der Waals surface area (Å²) in [6.07, 6.45) is 4.07. The van der Waals surface area contributed by atoms with Gasteiger partial charge >= 0.3 is 0 Å². The first kappa shape index (κ1) is 14.3. The lowest BCUT2D eigenvalue weighted by Gasteiger charge is -2.08. The van der Waals surface area contributed by atoms with E-state index in [9.17, 15) is 4.79 Å². The fraction of sp³-hybridized carbons (Fsp3) is 0.214. The van der Waals surface area contributed by atoms with Crippen molar-refractivity contribution >= 4 is 29.1 Å². The van der Waals surface area contributed by atoms with Crippen molar-refractivity contribution in [2.24, 2.45) is 0 Å². The molecule has 0 aromatic carbocycles. The summed E-state index contributed by atoms with van der Waals surface area (Å²) in [5, 5.41) is 6.19. The highest BCUT2D eigenvalue weighted by atomic mass is 35.5. The van der Waals surface area contributed by atoms with E-state index >= 15 is 0 Å². The van der Waals surface area contributed by atoms with Gasteiger partial charge in [-0.2, -0.15) is 0 Å². The Balaban J connectivity index is 2.09. The summed E-state index contributed by atoms with van der Waals surface area (Å²) in [6, 6.07) is 6.88. The third-order valence-electron chi connectivity index (χ3n) is 2.55. The number of aromatic nitrogens is 2. The third kappa shape index (κ3) is 3.68. The van der Waals surface area contributed by atoms with Crippen LogP contribution in [0.2, 0.25) is 5.02 Å². The van der Waals surface area contributed by atoms with Gasteiger partial charge in [0.2, 0.25) is 0 Å². The standard InChI is InChI=1S/C14H15ClN4O/c1-2-6-17-13-11(15)8-10(9-18-13)14(20)19-12-5-3-4-7-16-12/h3-5,7-9H,2,6H2,1H3,(H,17,18)(H,16,19,20). The molecular formula is C14H15ClN4O. The van der Waals surface area contributed by atoms with Crippen LogP contribution in [0.4, 0.5) is 11.6 Å². The molecule has 0 radical (unpaired) electrons. The highest BCUT2D eigenvalue weighted by molar-refractivity contribution is 6.33. The molecule has 0 spiro atoms. The molecule has 104 valence electrons. The van der Waals surface area contributed by atoms with Gasteiger partial charge in [-0.15, -0.1) is 0 Å². The Morgan fingerprint density at radius 2 is 2.20 bits per heavy atom. The van der Waals surface area contributed by atoms with Gasteiger partial charge in [0, 0.05) is 18.9 Å². The largest absolute Gasteiger partial charge is 0.369 e. The first-order chi connectivity index (χ1) is 9.70. The average molecular weight is 291 g/mol. The number of nitrogens with one attached hydrogen (secondary N) is 2. The van der Waals surface area contributed by atoms with Crippen molar-refractivity contribution in [2.45, 2.75) is 13.3 Å². The fourth-order valence-electron chi connectivity index (χ4n) is 1.56. The van der Waals surface area contributed by atoms with Gasteiger partial charge in [-0.1, -0.05) is 24.6 Å². The minimum absolute atomic E-state index is 0.292. The molecule has 1 amide bonds. The van der Waals surface area contributed by atoms with Crippen LogP contribution >= 0.6 is 11.6 Å². The molecule has 0 bridgehead atoms. The molecule has 0 aliphatic rings. The van der Waals surface area contributed by atoms with Crippen LogP contribution in [0.3, 0.4) is 0 Å². The number of rotatable bonds is 5. The Bertz CT molecular complexity index is 589. The van der Waals surface area contributed by atoms with Gasteiger partial charge in [0.05, 0.1) is 10.6 Å². The molecule has 2 rings (SSSR count). The molecule has 2 heterocycles. The Kier molecular flexibility index (Phi) is 4.90. The van der Waals surface area contributed by atoms with Crippen LogP contribution < -0.4 is 10.6 Å². The molecule has 0 aliphatic heterocycles. The van der Waals surface area contributed by atoms with Crippen LogP contribution in [0, 0.1) is 0 Å². The Hall–Kier alpha value is -2.14. The zero-order valence-electron chi connectivity index (χ0n) is 11.1. The van der Waals surface area contributed by atoms with Gasteiger partial charge in [-0.3, -0.25) is 4.79 Å². The summed E-state index contributed by atoms with van der Waals surface area (Å²) >= 11 is 6.09. The molecule has 2 aromatic rings. The SMILES string of the molecule is CCCNc1ncc(C(=O)Nc2ccccn2)cc1Cl. The molecule has 2 N–H and O–H groups in total. The van der Waals surface area contributed by atoms with Gasteiger partial charge in [0.15, 0.2) is 0 Å². The Morgan fingerprint density at radius 1 is 1.35 bits per heavy atom. The van der Waals surface area contributed by atoms with E-state index in [0.717, 1.165) is 13.0 Å². The molecule has 5 nitrogen and oxygen atoms in total. The second-order valence-corrected chi connectivity index (χ2v) is 4.56. The molecule has 0 saturated carbocycles. The lowest BCUT2D eigenvalue weighted by molar-refractivity contribution is 0.102. The smallest absolute Gasteiger partial charge is 0.258 e. The molecular weight excluding hydrogens is 276 g/mol. The van der Waals surface area contributed by atoms with E-state index in [1.165, 1.54) is 6.20 Å². The second kappa shape index (κ2) is 6.86. The summed E-state index contributed by atoms with van der Waals surface area (Å²) in [5.74, 6) is 0.782. The van der Waals surface area contributed by atoms with Gasteiger partial charge in [0.25, 0.3) is 5.91 Å². The van der Waals surface area contributed by atoms with Gasteiger partial charge < -0.3 is 10.6 Å². The normalized spacial score (nSPS) is 10.1. The van der Waals surface area contributed by atoms with Gasteiger partial charge in [-0.25, -0.2) is 9.97 Å². The topological polar surface area (TPSA) is 66.9 Å². The van der Waals surface area contributed by atoms with Crippen LogP contribution in [0.25, 0.3) is 0 Å². The maximum absolute atomic E-state index is 12.0. The summed E-state index contributed by atoms with van der Waals surface area (Å²) in [4.78, 5) is 20.2. The van der Waals surface area contributed by atoms with Crippen LogP contribution in [-0.4, -0.2) is 22.4 Å². The van der Waals surface area contributed by atoms with Crippen LogP contribution in [0.5, 0.6) is 0 Å². The van der Waals surface area contributed by atoms with Crippen LogP contribution in [0.1, 0.15) is 23.7 Å². The number of amides is 1. The predicted molar refractivity (Wildman–Crippen MR) is 80.2 cm³/mol. The number of hydrogen-bond donors (Lipinski definition) is 2. The Morgan fingerprint density at radius 3 is 2.85 bits per heavy atom. The monoisotopic (exact) mass is 290 g/mol. The van der Waals surface area contributed by atoms with E-state index < -0.39 is 0 Å². The minimum Gasteiger partial charge on any atom is -0.369 e. The molecule has 20 heavy (non-hydrogen) atoms. The number of carbonyl (C=O) groups excluding carboxylic acids is 1. The van der Waals surface area contributed by atoms with Gasteiger partial charge in [0.1, 0.15) is 11.6 Å². The molecule has 0 fully saturated rings. The van der Waals surface area contributed by atoms with E-state index in [1.54, 1.807) is 30.5 Å². The van der Waals surface area contributed by atoms with E-state index in [-0.39, 0.29) is 5.91 Å². The third-order valence-corrected chi connectivity index (χ3v) is 2.84. The maximum atomic E-state index is 12.0. The Labute approximate surface area is 122 Å². The highest BCUT2D eigenvalue weighted by Gasteiger charge is 2.10. The van der Waals surface area contributed by atoms with Crippen molar-refractivity contribution in [1.82, 2.24) is 9.97 Å². The number of nitrogens with zero attached hydrogens (tertiary/aromatic N) is 2. The van der Waals surface area contributed by atoms with Crippen LogP contribution in [-0.2, 0) is 0 Å². The first-order valence-corrected chi connectivity index (χ1v) is 6.70. The fourth-order valence-corrected chi connectivity index (χ4v) is 1.79. The van der Waals surface area contributed by atoms with Crippen molar-refractivity contribution in [3.05, 3.63) is 47.2 Å². The van der Waals surface area contributed by atoms with Crippen molar-refractivity contribution in [2.75, 3.05) is 17.2 Å². The highest BCUT2D eigenvalue weighted by Crippen LogP contribution is 2.20. The van der Waals surface area contributed by atoms with Crippen molar-refractivity contribution < 1.29 is 4.79 Å². The lowest BCUT2D eigenvalue weighted by atomic mass is 10.2. The maximum Gasteiger partial charge on any atom is 0.258 e. The number of halogens is 1. The zero-order chi connectivity index (χ0) is 14.4.